The normalized spacial score (nSPS) is 11.0. The summed E-state index contributed by atoms with van der Waals surface area (Å²) in [6, 6.07) is 15.8. The number of anilines is 1. The first-order valence-electron chi connectivity index (χ1n) is 9.91. The van der Waals surface area contributed by atoms with Crippen molar-refractivity contribution in [3.05, 3.63) is 70.1 Å². The Morgan fingerprint density at radius 2 is 1.71 bits per heavy atom. The van der Waals surface area contributed by atoms with Crippen LogP contribution < -0.4 is 5.32 Å². The van der Waals surface area contributed by atoms with Crippen molar-refractivity contribution in [3.8, 4) is 9.88 Å². The number of carbonyl (C=O) groups is 2. The lowest BCUT2D eigenvalue weighted by Crippen LogP contribution is -2.34. The standard InChI is InChI=1S/C24H23N3O2S2/c1-14-11-15(2)22(16(3)12-14)26-21(28)13-27(4)24(29)20-10-9-19(30-20)23-25-17-7-5-6-8-18(17)31-23/h5-12H,13H2,1-4H3,(H,26,28). The smallest absolute Gasteiger partial charge is 0.264 e. The van der Waals surface area contributed by atoms with Crippen LogP contribution in [0, 0.1) is 20.8 Å². The number of hydrogen-bond acceptors (Lipinski definition) is 5. The SMILES string of the molecule is Cc1cc(C)c(NC(=O)CN(C)C(=O)c2ccc(-c3nc4ccccc4s3)s2)c(C)c1. The highest BCUT2D eigenvalue weighted by atomic mass is 32.1. The Hall–Kier alpha value is -3.03. The quantitative estimate of drug-likeness (QED) is 0.428. The second-order valence-corrected chi connectivity index (χ2v) is 9.75. The van der Waals surface area contributed by atoms with Crippen molar-refractivity contribution in [1.29, 1.82) is 0 Å². The summed E-state index contributed by atoms with van der Waals surface area (Å²) >= 11 is 3.01. The minimum absolute atomic E-state index is 0.0139. The Morgan fingerprint density at radius 1 is 1.00 bits per heavy atom. The van der Waals surface area contributed by atoms with Gasteiger partial charge in [-0.05, 0) is 56.2 Å². The average molecular weight is 450 g/mol. The summed E-state index contributed by atoms with van der Waals surface area (Å²) < 4.78 is 1.12. The first kappa shape index (κ1) is 21.2. The van der Waals surface area contributed by atoms with Crippen LogP contribution in [0.1, 0.15) is 26.4 Å². The number of para-hydroxylation sites is 1. The highest BCUT2D eigenvalue weighted by Gasteiger charge is 2.19. The predicted molar refractivity (Wildman–Crippen MR) is 129 cm³/mol. The van der Waals surface area contributed by atoms with Crippen LogP contribution >= 0.6 is 22.7 Å². The van der Waals surface area contributed by atoms with Crippen molar-refractivity contribution >= 4 is 50.4 Å². The second-order valence-electron chi connectivity index (χ2n) is 7.63. The number of amides is 2. The molecule has 158 valence electrons. The zero-order valence-corrected chi connectivity index (χ0v) is 19.5. The molecule has 4 rings (SSSR count). The fourth-order valence-electron chi connectivity index (χ4n) is 3.58. The molecule has 0 aliphatic heterocycles. The highest BCUT2D eigenvalue weighted by Crippen LogP contribution is 2.34. The number of nitrogens with one attached hydrogen (secondary N) is 1. The highest BCUT2D eigenvalue weighted by molar-refractivity contribution is 7.26. The number of nitrogens with zero attached hydrogens (tertiary/aromatic N) is 2. The maximum absolute atomic E-state index is 12.9. The van der Waals surface area contributed by atoms with E-state index >= 15 is 0 Å². The monoisotopic (exact) mass is 449 g/mol. The van der Waals surface area contributed by atoms with Crippen molar-refractivity contribution in [2.75, 3.05) is 18.9 Å². The lowest BCUT2D eigenvalue weighted by molar-refractivity contribution is -0.116. The molecule has 0 radical (unpaired) electrons. The third-order valence-corrected chi connectivity index (χ3v) is 7.27. The molecule has 0 saturated carbocycles. The third-order valence-electron chi connectivity index (χ3n) is 4.99. The number of rotatable bonds is 5. The molecule has 2 aromatic carbocycles. The summed E-state index contributed by atoms with van der Waals surface area (Å²) in [6.07, 6.45) is 0. The lowest BCUT2D eigenvalue weighted by Gasteiger charge is -2.18. The first-order valence-corrected chi connectivity index (χ1v) is 11.5. The van der Waals surface area contributed by atoms with E-state index in [1.54, 1.807) is 24.5 Å². The molecule has 0 fully saturated rings. The van der Waals surface area contributed by atoms with Gasteiger partial charge in [0.2, 0.25) is 5.91 Å². The van der Waals surface area contributed by atoms with Crippen molar-refractivity contribution in [2.24, 2.45) is 0 Å². The Labute approximate surface area is 189 Å². The summed E-state index contributed by atoms with van der Waals surface area (Å²) in [5.74, 6) is -0.390. The van der Waals surface area contributed by atoms with Gasteiger partial charge < -0.3 is 10.2 Å². The molecule has 0 aliphatic carbocycles. The van der Waals surface area contributed by atoms with Gasteiger partial charge in [-0.1, -0.05) is 29.8 Å². The Balaban J connectivity index is 1.44. The van der Waals surface area contributed by atoms with Gasteiger partial charge in [-0.15, -0.1) is 22.7 Å². The zero-order chi connectivity index (χ0) is 22.1. The van der Waals surface area contributed by atoms with E-state index in [0.717, 1.165) is 42.5 Å². The fraction of sp³-hybridized carbons (Fsp3) is 0.208. The zero-order valence-electron chi connectivity index (χ0n) is 17.9. The van der Waals surface area contributed by atoms with Gasteiger partial charge >= 0.3 is 0 Å². The largest absolute Gasteiger partial charge is 0.332 e. The number of hydrogen-bond donors (Lipinski definition) is 1. The number of benzene rings is 2. The lowest BCUT2D eigenvalue weighted by atomic mass is 10.1. The second kappa shape index (κ2) is 8.61. The third kappa shape index (κ3) is 4.52. The number of carbonyl (C=O) groups excluding carboxylic acids is 2. The molecule has 1 N–H and O–H groups in total. The van der Waals surface area contributed by atoms with E-state index in [1.165, 1.54) is 16.2 Å². The van der Waals surface area contributed by atoms with Gasteiger partial charge in [-0.3, -0.25) is 9.59 Å². The number of thiophene rings is 1. The van der Waals surface area contributed by atoms with Gasteiger partial charge in [0.25, 0.3) is 5.91 Å². The van der Waals surface area contributed by atoms with E-state index in [-0.39, 0.29) is 18.4 Å². The van der Waals surface area contributed by atoms with Crippen LogP contribution in [0.15, 0.2) is 48.5 Å². The van der Waals surface area contributed by atoms with Crippen molar-refractivity contribution in [3.63, 3.8) is 0 Å². The topological polar surface area (TPSA) is 62.3 Å². The van der Waals surface area contributed by atoms with Crippen LogP contribution in [0.3, 0.4) is 0 Å². The van der Waals surface area contributed by atoms with Crippen molar-refractivity contribution in [1.82, 2.24) is 9.88 Å². The van der Waals surface area contributed by atoms with E-state index in [0.29, 0.717) is 4.88 Å². The van der Waals surface area contributed by atoms with Crippen LogP contribution in [0.25, 0.3) is 20.1 Å². The molecule has 4 aromatic rings. The summed E-state index contributed by atoms with van der Waals surface area (Å²) in [7, 11) is 1.65. The number of thiazole rings is 1. The maximum Gasteiger partial charge on any atom is 0.264 e. The van der Waals surface area contributed by atoms with Gasteiger partial charge in [-0.2, -0.15) is 0 Å². The van der Waals surface area contributed by atoms with E-state index in [2.05, 4.69) is 10.3 Å². The number of aromatic nitrogens is 1. The van der Waals surface area contributed by atoms with Crippen LogP contribution in [-0.2, 0) is 4.79 Å². The molecular weight excluding hydrogens is 426 g/mol. The molecule has 31 heavy (non-hydrogen) atoms. The first-order chi connectivity index (χ1) is 14.8. The molecule has 0 aliphatic rings. The fourth-order valence-corrected chi connectivity index (χ4v) is 5.60. The molecule has 2 aromatic heterocycles. The molecule has 0 spiro atoms. The van der Waals surface area contributed by atoms with E-state index in [4.69, 9.17) is 0 Å². The van der Waals surface area contributed by atoms with E-state index < -0.39 is 0 Å². The molecule has 7 heteroatoms. The van der Waals surface area contributed by atoms with Crippen LogP contribution in [0.5, 0.6) is 0 Å². The van der Waals surface area contributed by atoms with Gasteiger partial charge in [0.1, 0.15) is 5.01 Å². The van der Waals surface area contributed by atoms with Crippen molar-refractivity contribution in [2.45, 2.75) is 20.8 Å². The molecule has 2 amide bonds. The molecular formula is C24H23N3O2S2. The van der Waals surface area contributed by atoms with Crippen molar-refractivity contribution < 1.29 is 9.59 Å². The number of likely N-dealkylation sites (N-methyl/N-ethyl adjacent to an activating group) is 1. The summed E-state index contributed by atoms with van der Waals surface area (Å²) in [5, 5.41) is 3.85. The molecule has 2 heterocycles. The Bertz CT molecular complexity index is 1230. The van der Waals surface area contributed by atoms with Crippen LogP contribution in [0.2, 0.25) is 0 Å². The van der Waals surface area contributed by atoms with Gasteiger partial charge in [0, 0.05) is 12.7 Å². The minimum atomic E-state index is -0.214. The average Bonchev–Trinajstić information content (AvgIpc) is 3.36. The molecule has 5 nitrogen and oxygen atoms in total. The van der Waals surface area contributed by atoms with Gasteiger partial charge in [0.05, 0.1) is 26.5 Å². The maximum atomic E-state index is 12.9. The molecule has 0 bridgehead atoms. The van der Waals surface area contributed by atoms with Crippen LogP contribution in [0.4, 0.5) is 5.69 Å². The Morgan fingerprint density at radius 3 is 2.42 bits per heavy atom. The van der Waals surface area contributed by atoms with Crippen LogP contribution in [-0.4, -0.2) is 35.3 Å². The predicted octanol–water partition coefficient (Wildman–Crippen LogP) is 5.66. The molecule has 0 saturated heterocycles. The van der Waals surface area contributed by atoms with E-state index in [1.807, 2.05) is 63.2 Å². The number of fused-ring (bicyclic) bond motifs is 1. The Kier molecular flexibility index (Phi) is 5.89. The summed E-state index contributed by atoms with van der Waals surface area (Å²) in [6.45, 7) is 5.96. The summed E-state index contributed by atoms with van der Waals surface area (Å²) in [4.78, 5) is 33.1. The van der Waals surface area contributed by atoms with Gasteiger partial charge in [0.15, 0.2) is 0 Å². The molecule has 0 atom stereocenters. The summed E-state index contributed by atoms with van der Waals surface area (Å²) in [5.41, 5.74) is 4.95. The minimum Gasteiger partial charge on any atom is -0.332 e. The van der Waals surface area contributed by atoms with E-state index in [9.17, 15) is 9.59 Å². The van der Waals surface area contributed by atoms with Gasteiger partial charge in [-0.25, -0.2) is 4.98 Å². The molecule has 0 unspecified atom stereocenters. The number of aryl methyl sites for hydroxylation is 3.